The van der Waals surface area contributed by atoms with E-state index in [2.05, 4.69) is 31.3 Å². The molecule has 0 saturated heterocycles. The first kappa shape index (κ1) is 12.9. The van der Waals surface area contributed by atoms with E-state index in [9.17, 15) is 0 Å². The number of halogens is 1. The molecule has 96 valence electrons. The van der Waals surface area contributed by atoms with E-state index in [1.54, 1.807) is 6.20 Å². The molecule has 0 aliphatic heterocycles. The monoisotopic (exact) mass is 309 g/mol. The number of nitrogen functional groups attached to an aromatic ring is 1. The van der Waals surface area contributed by atoms with Crippen molar-refractivity contribution in [2.24, 2.45) is 0 Å². The summed E-state index contributed by atoms with van der Waals surface area (Å²) in [6.45, 7) is 5.54. The first-order valence-electron chi connectivity index (χ1n) is 5.71. The number of nitrogens with zero attached hydrogens (tertiary/aromatic N) is 3. The van der Waals surface area contributed by atoms with Gasteiger partial charge < -0.3 is 11.1 Å². The minimum Gasteiger partial charge on any atom is -0.397 e. The Bertz CT molecular complexity index is 549. The van der Waals surface area contributed by atoms with E-state index in [1.807, 2.05) is 30.9 Å². The van der Waals surface area contributed by atoms with Crippen LogP contribution in [0.3, 0.4) is 0 Å². The van der Waals surface area contributed by atoms with Gasteiger partial charge in [-0.15, -0.1) is 0 Å². The Balaban J connectivity index is 1.96. The van der Waals surface area contributed by atoms with Crippen LogP contribution in [-0.2, 0) is 6.54 Å². The smallest absolute Gasteiger partial charge is 0.140 e. The molecule has 2 heterocycles. The van der Waals surface area contributed by atoms with Gasteiger partial charge in [-0.2, -0.15) is 5.10 Å². The van der Waals surface area contributed by atoms with Crippen molar-refractivity contribution in [2.45, 2.75) is 20.4 Å². The summed E-state index contributed by atoms with van der Waals surface area (Å²) in [5.74, 6) is 0.811. The zero-order chi connectivity index (χ0) is 13.1. The molecule has 0 spiro atoms. The molecule has 2 rings (SSSR count). The summed E-state index contributed by atoms with van der Waals surface area (Å²) in [5.41, 5.74) is 8.63. The lowest BCUT2D eigenvalue weighted by atomic mass is 10.2. The molecule has 0 unspecified atom stereocenters. The van der Waals surface area contributed by atoms with Gasteiger partial charge in [-0.05, 0) is 40.9 Å². The van der Waals surface area contributed by atoms with Gasteiger partial charge in [0.1, 0.15) is 5.82 Å². The number of anilines is 2. The van der Waals surface area contributed by atoms with E-state index in [-0.39, 0.29) is 0 Å². The maximum absolute atomic E-state index is 5.78. The Hall–Kier alpha value is -1.56. The van der Waals surface area contributed by atoms with Crippen molar-refractivity contribution in [2.75, 3.05) is 17.6 Å². The Morgan fingerprint density at radius 1 is 1.39 bits per heavy atom. The van der Waals surface area contributed by atoms with Gasteiger partial charge in [0, 0.05) is 12.7 Å². The van der Waals surface area contributed by atoms with Gasteiger partial charge >= 0.3 is 0 Å². The van der Waals surface area contributed by atoms with E-state index in [4.69, 9.17) is 5.73 Å². The lowest BCUT2D eigenvalue weighted by molar-refractivity contribution is 0.636. The van der Waals surface area contributed by atoms with Crippen LogP contribution in [0.25, 0.3) is 0 Å². The Morgan fingerprint density at radius 2 is 2.17 bits per heavy atom. The van der Waals surface area contributed by atoms with Crippen LogP contribution in [0.1, 0.15) is 11.1 Å². The lowest BCUT2D eigenvalue weighted by Crippen LogP contribution is -2.12. The summed E-state index contributed by atoms with van der Waals surface area (Å²) in [4.78, 5) is 4.26. The summed E-state index contributed by atoms with van der Waals surface area (Å²) in [6, 6.07) is 0. The van der Waals surface area contributed by atoms with Crippen molar-refractivity contribution >= 4 is 27.4 Å². The van der Waals surface area contributed by atoms with Crippen LogP contribution in [0.15, 0.2) is 23.1 Å². The third-order valence-electron chi connectivity index (χ3n) is 2.70. The minimum absolute atomic E-state index is 0.690. The van der Waals surface area contributed by atoms with Crippen LogP contribution in [-0.4, -0.2) is 21.3 Å². The average Bonchev–Trinajstić information content (AvgIpc) is 2.75. The lowest BCUT2D eigenvalue weighted by Gasteiger charge is -2.10. The number of hydrogen-bond acceptors (Lipinski definition) is 4. The molecule has 6 heteroatoms. The van der Waals surface area contributed by atoms with Crippen molar-refractivity contribution in [3.8, 4) is 0 Å². The highest BCUT2D eigenvalue weighted by Gasteiger charge is 2.06. The molecule has 0 atom stereocenters. The fourth-order valence-electron chi connectivity index (χ4n) is 1.59. The molecule has 0 aliphatic carbocycles. The maximum atomic E-state index is 5.78. The van der Waals surface area contributed by atoms with Gasteiger partial charge in [-0.1, -0.05) is 0 Å². The first-order chi connectivity index (χ1) is 8.58. The van der Waals surface area contributed by atoms with Crippen LogP contribution in [0, 0.1) is 13.8 Å². The standard InChI is InChI=1S/C12H16BrN5/c1-8-5-17-18(7-8)4-3-15-12-11(13)9(2)10(14)6-16-12/h5-7H,3-4,14H2,1-2H3,(H,15,16). The quantitative estimate of drug-likeness (QED) is 0.909. The van der Waals surface area contributed by atoms with Crippen LogP contribution in [0.4, 0.5) is 11.5 Å². The fourth-order valence-corrected chi connectivity index (χ4v) is 2.06. The second kappa shape index (κ2) is 5.39. The summed E-state index contributed by atoms with van der Waals surface area (Å²) in [7, 11) is 0. The number of pyridine rings is 1. The second-order valence-electron chi connectivity index (χ2n) is 4.21. The van der Waals surface area contributed by atoms with Gasteiger partial charge in [0.25, 0.3) is 0 Å². The first-order valence-corrected chi connectivity index (χ1v) is 6.50. The fraction of sp³-hybridized carbons (Fsp3) is 0.333. The molecule has 5 nitrogen and oxygen atoms in total. The third kappa shape index (κ3) is 2.81. The summed E-state index contributed by atoms with van der Waals surface area (Å²) >= 11 is 3.49. The molecule has 2 aromatic rings. The summed E-state index contributed by atoms with van der Waals surface area (Å²) < 4.78 is 2.82. The molecule has 0 saturated carbocycles. The SMILES string of the molecule is Cc1cnn(CCNc2ncc(N)c(C)c2Br)c1. The van der Waals surface area contributed by atoms with Crippen LogP contribution < -0.4 is 11.1 Å². The van der Waals surface area contributed by atoms with E-state index in [0.29, 0.717) is 5.69 Å². The summed E-state index contributed by atoms with van der Waals surface area (Å²) in [6.07, 6.45) is 5.53. The molecule has 0 aliphatic rings. The Morgan fingerprint density at radius 3 is 2.83 bits per heavy atom. The number of aryl methyl sites for hydroxylation is 1. The highest BCUT2D eigenvalue weighted by Crippen LogP contribution is 2.27. The van der Waals surface area contributed by atoms with E-state index in [0.717, 1.165) is 34.5 Å². The van der Waals surface area contributed by atoms with Gasteiger partial charge in [0.2, 0.25) is 0 Å². The topological polar surface area (TPSA) is 68.8 Å². The predicted octanol–water partition coefficient (Wildman–Crippen LogP) is 2.35. The van der Waals surface area contributed by atoms with E-state index < -0.39 is 0 Å². The zero-order valence-corrected chi connectivity index (χ0v) is 12.0. The Kier molecular flexibility index (Phi) is 3.86. The highest BCUT2D eigenvalue weighted by atomic mass is 79.9. The van der Waals surface area contributed by atoms with Crippen molar-refractivity contribution < 1.29 is 0 Å². The number of hydrogen-bond donors (Lipinski definition) is 2. The molecule has 0 aromatic carbocycles. The second-order valence-corrected chi connectivity index (χ2v) is 5.00. The van der Waals surface area contributed by atoms with E-state index in [1.165, 1.54) is 0 Å². The van der Waals surface area contributed by atoms with Crippen LogP contribution in [0.5, 0.6) is 0 Å². The maximum Gasteiger partial charge on any atom is 0.140 e. The number of nitrogens with one attached hydrogen (secondary N) is 1. The van der Waals surface area contributed by atoms with Crippen molar-refractivity contribution in [1.29, 1.82) is 0 Å². The van der Waals surface area contributed by atoms with Crippen molar-refractivity contribution in [1.82, 2.24) is 14.8 Å². The number of nitrogens with two attached hydrogens (primary N) is 1. The predicted molar refractivity (Wildman–Crippen MR) is 76.5 cm³/mol. The van der Waals surface area contributed by atoms with Gasteiger partial charge in [0.05, 0.1) is 29.1 Å². The molecule has 2 aromatic heterocycles. The van der Waals surface area contributed by atoms with Gasteiger partial charge in [0.15, 0.2) is 0 Å². The zero-order valence-electron chi connectivity index (χ0n) is 10.4. The normalized spacial score (nSPS) is 10.6. The molecular formula is C12H16BrN5. The highest BCUT2D eigenvalue weighted by molar-refractivity contribution is 9.10. The molecule has 0 bridgehead atoms. The molecule has 0 fully saturated rings. The van der Waals surface area contributed by atoms with Crippen LogP contribution in [0.2, 0.25) is 0 Å². The number of aromatic nitrogens is 3. The largest absolute Gasteiger partial charge is 0.397 e. The summed E-state index contributed by atoms with van der Waals surface area (Å²) in [5, 5.41) is 7.49. The third-order valence-corrected chi connectivity index (χ3v) is 3.67. The molecule has 18 heavy (non-hydrogen) atoms. The van der Waals surface area contributed by atoms with Crippen molar-refractivity contribution in [3.63, 3.8) is 0 Å². The minimum atomic E-state index is 0.690. The molecule has 3 N–H and O–H groups in total. The molecule has 0 amide bonds. The van der Waals surface area contributed by atoms with Crippen molar-refractivity contribution in [3.05, 3.63) is 34.2 Å². The van der Waals surface area contributed by atoms with Crippen LogP contribution >= 0.6 is 15.9 Å². The van der Waals surface area contributed by atoms with Gasteiger partial charge in [-0.3, -0.25) is 4.68 Å². The van der Waals surface area contributed by atoms with Gasteiger partial charge in [-0.25, -0.2) is 4.98 Å². The number of rotatable bonds is 4. The Labute approximate surface area is 115 Å². The van der Waals surface area contributed by atoms with E-state index >= 15 is 0 Å². The average molecular weight is 310 g/mol. The molecule has 0 radical (unpaired) electrons. The molecular weight excluding hydrogens is 294 g/mol.